The molecule has 29 heavy (non-hydrogen) atoms. The average molecular weight is 409 g/mol. The lowest BCUT2D eigenvalue weighted by atomic mass is 9.72. The van der Waals surface area contributed by atoms with Crippen LogP contribution in [0.15, 0.2) is 0 Å². The Morgan fingerprint density at radius 3 is 2.03 bits per heavy atom. The third-order valence-electron chi connectivity index (χ3n) is 8.10. The largest absolute Gasteiger partial charge is 0.481 e. The van der Waals surface area contributed by atoms with Gasteiger partial charge in [-0.15, -0.1) is 0 Å². The standard InChI is InChI=1S/C25H44O4/c1-15(2)18(6)14-22(20-12-10-19(11-13-20)16(3)4)29-25(28)21-9-7-8-17(5)23(21)24(26)27/h15-23H,7-14H2,1-6H3,(H,26,27). The predicted molar refractivity (Wildman–Crippen MR) is 116 cm³/mol. The molecule has 0 radical (unpaired) electrons. The van der Waals surface area contributed by atoms with Crippen molar-refractivity contribution >= 4 is 11.9 Å². The number of carbonyl (C=O) groups excluding carboxylic acids is 1. The fraction of sp³-hybridized carbons (Fsp3) is 0.920. The first-order chi connectivity index (χ1) is 13.6. The number of carboxylic acid groups (broad SMARTS) is 1. The SMILES string of the molecule is CC(C)C(C)CC(OC(=O)C1CCCC(C)C1C(=O)O)C1CCC(C(C)C)CC1. The zero-order valence-corrected chi connectivity index (χ0v) is 19.5. The van der Waals surface area contributed by atoms with Gasteiger partial charge in [0.25, 0.3) is 0 Å². The lowest BCUT2D eigenvalue weighted by Gasteiger charge is -2.38. The summed E-state index contributed by atoms with van der Waals surface area (Å²) >= 11 is 0. The molecule has 2 rings (SSSR count). The van der Waals surface area contributed by atoms with E-state index in [1.54, 1.807) is 0 Å². The normalized spacial score (nSPS) is 32.8. The molecule has 0 aromatic rings. The molecule has 0 aliphatic heterocycles. The minimum atomic E-state index is -0.844. The van der Waals surface area contributed by atoms with Crippen molar-refractivity contribution < 1.29 is 19.4 Å². The van der Waals surface area contributed by atoms with E-state index in [1.165, 1.54) is 12.8 Å². The van der Waals surface area contributed by atoms with Crippen LogP contribution in [0.1, 0.15) is 92.9 Å². The van der Waals surface area contributed by atoms with Gasteiger partial charge in [0.05, 0.1) is 11.8 Å². The average Bonchev–Trinajstić information content (AvgIpc) is 2.66. The van der Waals surface area contributed by atoms with Crippen molar-refractivity contribution in [2.45, 2.75) is 99.0 Å². The second-order valence-electron chi connectivity index (χ2n) is 10.7. The van der Waals surface area contributed by atoms with Gasteiger partial charge in [-0.05, 0) is 80.5 Å². The molecule has 5 unspecified atom stereocenters. The van der Waals surface area contributed by atoms with Crippen LogP contribution in [0.3, 0.4) is 0 Å². The van der Waals surface area contributed by atoms with Gasteiger partial charge in [-0.2, -0.15) is 0 Å². The van der Waals surface area contributed by atoms with Crippen molar-refractivity contribution in [3.8, 4) is 0 Å². The van der Waals surface area contributed by atoms with E-state index in [0.717, 1.165) is 38.0 Å². The van der Waals surface area contributed by atoms with Gasteiger partial charge < -0.3 is 9.84 Å². The molecule has 1 N–H and O–H groups in total. The molecule has 0 heterocycles. The zero-order valence-electron chi connectivity index (χ0n) is 19.5. The van der Waals surface area contributed by atoms with Crippen molar-refractivity contribution in [3.05, 3.63) is 0 Å². The van der Waals surface area contributed by atoms with Crippen LogP contribution < -0.4 is 0 Å². The zero-order chi connectivity index (χ0) is 21.7. The van der Waals surface area contributed by atoms with Gasteiger partial charge in [-0.25, -0.2) is 0 Å². The van der Waals surface area contributed by atoms with E-state index in [0.29, 0.717) is 30.1 Å². The van der Waals surface area contributed by atoms with Gasteiger partial charge in [0, 0.05) is 0 Å². The Balaban J connectivity index is 2.10. The molecule has 5 atom stereocenters. The Morgan fingerprint density at radius 2 is 1.52 bits per heavy atom. The van der Waals surface area contributed by atoms with E-state index in [1.807, 2.05) is 6.92 Å². The Kier molecular flexibility index (Phi) is 9.03. The van der Waals surface area contributed by atoms with E-state index in [9.17, 15) is 14.7 Å². The number of esters is 1. The summed E-state index contributed by atoms with van der Waals surface area (Å²) in [6.07, 6.45) is 7.93. The van der Waals surface area contributed by atoms with E-state index in [4.69, 9.17) is 4.74 Å². The number of rotatable bonds is 8. The molecule has 2 aliphatic rings. The Hall–Kier alpha value is -1.06. The maximum absolute atomic E-state index is 13.1. The number of ether oxygens (including phenoxy) is 1. The second kappa shape index (κ2) is 10.8. The van der Waals surface area contributed by atoms with Crippen LogP contribution in [0, 0.1) is 47.3 Å². The molecule has 4 nitrogen and oxygen atoms in total. The minimum absolute atomic E-state index is 0.0355. The van der Waals surface area contributed by atoms with Crippen molar-refractivity contribution in [2.24, 2.45) is 47.3 Å². The van der Waals surface area contributed by atoms with Crippen molar-refractivity contribution in [1.29, 1.82) is 0 Å². The van der Waals surface area contributed by atoms with E-state index >= 15 is 0 Å². The van der Waals surface area contributed by atoms with E-state index in [2.05, 4.69) is 34.6 Å². The maximum atomic E-state index is 13.1. The summed E-state index contributed by atoms with van der Waals surface area (Å²) in [6.45, 7) is 13.3. The second-order valence-corrected chi connectivity index (χ2v) is 10.7. The van der Waals surface area contributed by atoms with Gasteiger partial charge in [0.2, 0.25) is 0 Å². The summed E-state index contributed by atoms with van der Waals surface area (Å²) in [5.41, 5.74) is 0. The van der Waals surface area contributed by atoms with Crippen LogP contribution in [0.4, 0.5) is 0 Å². The Labute approximate surface area is 178 Å². The molecule has 0 amide bonds. The van der Waals surface area contributed by atoms with Crippen molar-refractivity contribution in [1.82, 2.24) is 0 Å². The first-order valence-corrected chi connectivity index (χ1v) is 12.0. The topological polar surface area (TPSA) is 63.6 Å². The van der Waals surface area contributed by atoms with Crippen molar-refractivity contribution in [2.75, 3.05) is 0 Å². The Bertz CT molecular complexity index is 533. The highest BCUT2D eigenvalue weighted by Gasteiger charge is 2.42. The summed E-state index contributed by atoms with van der Waals surface area (Å²) in [4.78, 5) is 25.0. The monoisotopic (exact) mass is 408 g/mol. The number of hydrogen-bond donors (Lipinski definition) is 1. The minimum Gasteiger partial charge on any atom is -0.481 e. The molecular formula is C25H44O4. The van der Waals surface area contributed by atoms with Gasteiger partial charge in [-0.3, -0.25) is 9.59 Å². The van der Waals surface area contributed by atoms with Gasteiger partial charge in [0.15, 0.2) is 0 Å². The van der Waals surface area contributed by atoms with Crippen LogP contribution in [0.2, 0.25) is 0 Å². The fourth-order valence-corrected chi connectivity index (χ4v) is 5.49. The van der Waals surface area contributed by atoms with Crippen LogP contribution in [0.5, 0.6) is 0 Å². The quantitative estimate of drug-likeness (QED) is 0.487. The lowest BCUT2D eigenvalue weighted by molar-refractivity contribution is -0.169. The van der Waals surface area contributed by atoms with Crippen LogP contribution >= 0.6 is 0 Å². The van der Waals surface area contributed by atoms with Gasteiger partial charge >= 0.3 is 11.9 Å². The molecular weight excluding hydrogens is 364 g/mol. The van der Waals surface area contributed by atoms with Crippen LogP contribution in [0.25, 0.3) is 0 Å². The van der Waals surface area contributed by atoms with Crippen molar-refractivity contribution in [3.63, 3.8) is 0 Å². The number of aliphatic carboxylic acids is 1. The van der Waals surface area contributed by atoms with E-state index < -0.39 is 17.8 Å². The third kappa shape index (κ3) is 6.46. The molecule has 0 saturated heterocycles. The smallest absolute Gasteiger partial charge is 0.310 e. The predicted octanol–water partition coefficient (Wildman–Crippen LogP) is 6.18. The molecule has 2 aliphatic carbocycles. The molecule has 0 aromatic heterocycles. The summed E-state index contributed by atoms with van der Waals surface area (Å²) in [7, 11) is 0. The number of carboxylic acids is 1. The highest BCUT2D eigenvalue weighted by molar-refractivity contribution is 5.81. The summed E-state index contributed by atoms with van der Waals surface area (Å²) in [5.74, 6) is 0.789. The molecule has 2 fully saturated rings. The Morgan fingerprint density at radius 1 is 0.931 bits per heavy atom. The number of hydrogen-bond acceptors (Lipinski definition) is 3. The van der Waals surface area contributed by atoms with E-state index in [-0.39, 0.29) is 18.0 Å². The molecule has 0 spiro atoms. The molecule has 0 aromatic carbocycles. The van der Waals surface area contributed by atoms with Gasteiger partial charge in [0.1, 0.15) is 6.10 Å². The summed E-state index contributed by atoms with van der Waals surface area (Å²) in [5, 5.41) is 9.70. The van der Waals surface area contributed by atoms with Crippen LogP contribution in [-0.4, -0.2) is 23.1 Å². The van der Waals surface area contributed by atoms with Gasteiger partial charge in [-0.1, -0.05) is 48.0 Å². The fourth-order valence-electron chi connectivity index (χ4n) is 5.49. The first kappa shape index (κ1) is 24.2. The third-order valence-corrected chi connectivity index (χ3v) is 8.10. The maximum Gasteiger partial charge on any atom is 0.310 e. The number of carbonyl (C=O) groups is 2. The highest BCUT2D eigenvalue weighted by Crippen LogP contribution is 2.40. The van der Waals surface area contributed by atoms with Crippen LogP contribution in [-0.2, 0) is 14.3 Å². The first-order valence-electron chi connectivity index (χ1n) is 12.0. The molecule has 2 saturated carbocycles. The molecule has 4 heteroatoms. The molecule has 168 valence electrons. The summed E-state index contributed by atoms with van der Waals surface area (Å²) in [6, 6.07) is 0. The molecule has 0 bridgehead atoms. The lowest BCUT2D eigenvalue weighted by Crippen LogP contribution is -2.41. The highest BCUT2D eigenvalue weighted by atomic mass is 16.5. The summed E-state index contributed by atoms with van der Waals surface area (Å²) < 4.78 is 6.17.